The predicted octanol–water partition coefficient (Wildman–Crippen LogP) is 2.62. The van der Waals surface area contributed by atoms with Crippen LogP contribution in [0.4, 0.5) is 10.8 Å². The highest BCUT2D eigenvalue weighted by molar-refractivity contribution is 7.13. The Morgan fingerprint density at radius 1 is 1.46 bits per heavy atom. The number of nitrogens with zero attached hydrogens (tertiary/aromatic N) is 3. The summed E-state index contributed by atoms with van der Waals surface area (Å²) in [6, 6.07) is 4.32. The molecule has 0 bridgehead atoms. The molecule has 0 aliphatic carbocycles. The number of ether oxygens (including phenoxy) is 1. The normalized spacial score (nSPS) is 16.0. The van der Waals surface area contributed by atoms with Crippen LogP contribution >= 0.6 is 11.3 Å². The number of aryl methyl sites for hydroxylation is 1. The fraction of sp³-hybridized carbons (Fsp3) is 0.389. The number of nitro benzene ring substituents is 1. The molecule has 9 nitrogen and oxygen atoms in total. The van der Waals surface area contributed by atoms with Gasteiger partial charge in [0, 0.05) is 41.9 Å². The molecule has 1 aromatic heterocycles. The molecule has 2 heterocycles. The van der Waals surface area contributed by atoms with Crippen LogP contribution in [0.15, 0.2) is 29.8 Å². The van der Waals surface area contributed by atoms with Gasteiger partial charge in [-0.05, 0) is 25.8 Å². The smallest absolute Gasteiger partial charge is 0.273 e. The third-order valence-corrected chi connectivity index (χ3v) is 5.09. The third-order valence-electron chi connectivity index (χ3n) is 4.40. The number of rotatable bonds is 7. The highest BCUT2D eigenvalue weighted by Crippen LogP contribution is 2.21. The number of hydrogen-bond acceptors (Lipinski definition) is 7. The van der Waals surface area contributed by atoms with Gasteiger partial charge in [0.2, 0.25) is 5.91 Å². The minimum Gasteiger partial charge on any atom is -0.376 e. The Balaban J connectivity index is 1.78. The van der Waals surface area contributed by atoms with Crippen molar-refractivity contribution in [3.63, 3.8) is 0 Å². The van der Waals surface area contributed by atoms with E-state index in [0.717, 1.165) is 12.8 Å². The molecule has 10 heteroatoms. The molecule has 1 atom stereocenters. The van der Waals surface area contributed by atoms with Crippen LogP contribution in [0.1, 0.15) is 28.8 Å². The minimum absolute atomic E-state index is 0.129. The summed E-state index contributed by atoms with van der Waals surface area (Å²) in [5.74, 6) is -0.837. The number of benzene rings is 1. The van der Waals surface area contributed by atoms with Gasteiger partial charge < -0.3 is 15.0 Å². The van der Waals surface area contributed by atoms with E-state index in [1.165, 1.54) is 34.4 Å². The molecule has 3 rings (SSSR count). The van der Waals surface area contributed by atoms with Gasteiger partial charge in [0.05, 0.1) is 11.0 Å². The third kappa shape index (κ3) is 4.90. The van der Waals surface area contributed by atoms with Gasteiger partial charge >= 0.3 is 0 Å². The van der Waals surface area contributed by atoms with Crippen molar-refractivity contribution < 1.29 is 19.2 Å². The molecule has 1 saturated heterocycles. The number of carbonyl (C=O) groups is 2. The summed E-state index contributed by atoms with van der Waals surface area (Å²) in [7, 11) is 0. The van der Waals surface area contributed by atoms with Crippen molar-refractivity contribution in [1.29, 1.82) is 0 Å². The first-order valence-corrected chi connectivity index (χ1v) is 9.67. The van der Waals surface area contributed by atoms with Crippen LogP contribution in [0, 0.1) is 17.0 Å². The summed E-state index contributed by atoms with van der Waals surface area (Å²) in [6.07, 6.45) is 3.11. The minimum atomic E-state index is -0.522. The quantitative estimate of drug-likeness (QED) is 0.560. The van der Waals surface area contributed by atoms with Crippen LogP contribution < -0.4 is 5.32 Å². The van der Waals surface area contributed by atoms with Crippen LogP contribution in [0.5, 0.6) is 0 Å². The Labute approximate surface area is 165 Å². The van der Waals surface area contributed by atoms with Crippen LogP contribution in [0.3, 0.4) is 0 Å². The first-order chi connectivity index (χ1) is 13.4. The second-order valence-electron chi connectivity index (χ2n) is 6.46. The van der Waals surface area contributed by atoms with Gasteiger partial charge in [-0.1, -0.05) is 6.07 Å². The van der Waals surface area contributed by atoms with E-state index in [4.69, 9.17) is 4.74 Å². The van der Waals surface area contributed by atoms with Crippen molar-refractivity contribution in [3.8, 4) is 0 Å². The molecule has 148 valence electrons. The summed E-state index contributed by atoms with van der Waals surface area (Å²) in [5, 5.41) is 16.0. The van der Waals surface area contributed by atoms with Gasteiger partial charge in [0.1, 0.15) is 6.54 Å². The topological polar surface area (TPSA) is 115 Å². The first-order valence-electron chi connectivity index (χ1n) is 8.79. The molecule has 1 aliphatic heterocycles. The molecule has 1 N–H and O–H groups in total. The Bertz CT molecular complexity index is 865. The van der Waals surface area contributed by atoms with Crippen molar-refractivity contribution in [3.05, 3.63) is 51.0 Å². The van der Waals surface area contributed by atoms with Crippen LogP contribution in [-0.4, -0.2) is 52.4 Å². The molecular weight excluding hydrogens is 384 g/mol. The lowest BCUT2D eigenvalue weighted by atomic mass is 10.1. The molecule has 2 aromatic rings. The SMILES string of the molecule is Cc1ccc(C(=O)N(CC(=O)Nc2nccs2)C[C@@H]2CCCO2)cc1[N+](=O)[O-]. The summed E-state index contributed by atoms with van der Waals surface area (Å²) in [5.41, 5.74) is 0.501. The van der Waals surface area contributed by atoms with Gasteiger partial charge in [-0.2, -0.15) is 0 Å². The van der Waals surface area contributed by atoms with E-state index in [2.05, 4.69) is 10.3 Å². The standard InChI is InChI=1S/C18H20N4O5S/c1-12-4-5-13(9-15(12)22(25)26)17(24)21(10-14-3-2-7-27-14)11-16(23)20-18-19-6-8-28-18/h4-6,8-9,14H,2-3,7,10-11H2,1H3,(H,19,20,23)/t14-/m0/s1. The zero-order valence-corrected chi connectivity index (χ0v) is 16.1. The van der Waals surface area contributed by atoms with E-state index in [9.17, 15) is 19.7 Å². The van der Waals surface area contributed by atoms with Crippen LogP contribution in [0.25, 0.3) is 0 Å². The first kappa shape index (κ1) is 19.9. The number of amides is 2. The molecule has 0 unspecified atom stereocenters. The van der Waals surface area contributed by atoms with Gasteiger partial charge in [0.25, 0.3) is 11.6 Å². The zero-order valence-electron chi connectivity index (χ0n) is 15.3. The monoisotopic (exact) mass is 404 g/mol. The van der Waals surface area contributed by atoms with Crippen molar-refractivity contribution >= 4 is 34.0 Å². The molecule has 1 fully saturated rings. The van der Waals surface area contributed by atoms with E-state index >= 15 is 0 Å². The molecule has 1 aromatic carbocycles. The maximum atomic E-state index is 13.0. The molecule has 0 spiro atoms. The van der Waals surface area contributed by atoms with Crippen LogP contribution in [0.2, 0.25) is 0 Å². The summed E-state index contributed by atoms with van der Waals surface area (Å²) >= 11 is 1.28. The number of nitro groups is 1. The fourth-order valence-corrected chi connectivity index (χ4v) is 3.54. The number of aromatic nitrogens is 1. The van der Waals surface area contributed by atoms with Crippen molar-refractivity contribution in [2.75, 3.05) is 25.0 Å². The summed E-state index contributed by atoms with van der Waals surface area (Å²) in [4.78, 5) is 41.4. The molecular formula is C18H20N4O5S. The molecule has 2 amide bonds. The second-order valence-corrected chi connectivity index (χ2v) is 7.36. The van der Waals surface area contributed by atoms with Gasteiger partial charge in [-0.15, -0.1) is 11.3 Å². The van der Waals surface area contributed by atoms with E-state index in [1.54, 1.807) is 18.5 Å². The summed E-state index contributed by atoms with van der Waals surface area (Å²) < 4.78 is 5.59. The van der Waals surface area contributed by atoms with Gasteiger partial charge in [-0.25, -0.2) is 4.98 Å². The number of thiazole rings is 1. The Morgan fingerprint density at radius 2 is 2.29 bits per heavy atom. The maximum absolute atomic E-state index is 13.0. The second kappa shape index (κ2) is 8.89. The van der Waals surface area contributed by atoms with E-state index in [-0.39, 0.29) is 36.4 Å². The number of hydrogen-bond donors (Lipinski definition) is 1. The Kier molecular flexibility index (Phi) is 6.32. The molecule has 28 heavy (non-hydrogen) atoms. The van der Waals surface area contributed by atoms with Gasteiger partial charge in [0.15, 0.2) is 5.13 Å². The average Bonchev–Trinajstić information content (AvgIpc) is 3.35. The van der Waals surface area contributed by atoms with Crippen LogP contribution in [-0.2, 0) is 9.53 Å². The average molecular weight is 404 g/mol. The van der Waals surface area contributed by atoms with Crippen molar-refractivity contribution in [1.82, 2.24) is 9.88 Å². The fourth-order valence-electron chi connectivity index (χ4n) is 2.99. The van der Waals surface area contributed by atoms with Crippen molar-refractivity contribution in [2.45, 2.75) is 25.9 Å². The molecule has 0 saturated carbocycles. The van der Waals surface area contributed by atoms with E-state index < -0.39 is 10.8 Å². The lowest BCUT2D eigenvalue weighted by Crippen LogP contribution is -2.42. The molecule has 0 radical (unpaired) electrons. The maximum Gasteiger partial charge on any atom is 0.273 e. The van der Waals surface area contributed by atoms with Gasteiger partial charge in [-0.3, -0.25) is 19.7 Å². The number of carbonyl (C=O) groups excluding carboxylic acids is 2. The van der Waals surface area contributed by atoms with E-state index in [0.29, 0.717) is 17.3 Å². The van der Waals surface area contributed by atoms with E-state index in [1.807, 2.05) is 0 Å². The summed E-state index contributed by atoms with van der Waals surface area (Å²) in [6.45, 7) is 2.28. The lowest BCUT2D eigenvalue weighted by molar-refractivity contribution is -0.385. The lowest BCUT2D eigenvalue weighted by Gasteiger charge is -2.25. The largest absolute Gasteiger partial charge is 0.376 e. The highest BCUT2D eigenvalue weighted by Gasteiger charge is 2.26. The Morgan fingerprint density at radius 3 is 2.93 bits per heavy atom. The zero-order chi connectivity index (χ0) is 20.1. The number of nitrogens with one attached hydrogen (secondary N) is 1. The number of anilines is 1. The Hall–Kier alpha value is -2.85. The molecule has 1 aliphatic rings. The predicted molar refractivity (Wildman–Crippen MR) is 103 cm³/mol. The highest BCUT2D eigenvalue weighted by atomic mass is 32.1. The van der Waals surface area contributed by atoms with Crippen molar-refractivity contribution in [2.24, 2.45) is 0 Å².